The maximum Gasteiger partial charge on any atom is 0.326 e. The molecular formula is C33H53N3O6. The number of carbonyl (C=O) groups is 2. The van der Waals surface area contributed by atoms with E-state index in [1.54, 1.807) is 34.6 Å². The molecule has 0 amide bonds. The van der Waals surface area contributed by atoms with Crippen LogP contribution in [0.4, 0.5) is 11.4 Å². The summed E-state index contributed by atoms with van der Waals surface area (Å²) in [5, 5.41) is 17.0. The standard InChI is InChI=1S/C29H43N3O6.C4H10/c1-8-22(13-18(2)19(3)33)27-31-24-14-21(15-30-26(20(4)34)28(35)38-29(5,6)7)9-10-25(24)32(27)16-23-17-36-11-12-37-23;1-4(2)3/h8-10,13-14,20,23,26-27,30-31,34H,11-12,15-17H2,1-7H3;4H,1-3H3/b18-13-,22-8+;. The number of carbonyl (C=O) groups excluding carboxylic acids is 2. The number of hydrogen-bond donors (Lipinski definition) is 3. The molecule has 2 aliphatic heterocycles. The third-order valence-electron chi connectivity index (χ3n) is 6.52. The highest BCUT2D eigenvalue weighted by atomic mass is 16.6. The number of rotatable bonds is 10. The first-order chi connectivity index (χ1) is 19.6. The number of anilines is 2. The minimum absolute atomic E-state index is 0.0291. The summed E-state index contributed by atoms with van der Waals surface area (Å²) in [4.78, 5) is 26.8. The summed E-state index contributed by atoms with van der Waals surface area (Å²) < 4.78 is 17.0. The molecule has 0 aromatic heterocycles. The van der Waals surface area contributed by atoms with Crippen molar-refractivity contribution in [1.29, 1.82) is 0 Å². The number of nitrogens with one attached hydrogen (secondary N) is 2. The molecule has 236 valence electrons. The first-order valence-electron chi connectivity index (χ1n) is 15.0. The number of fused-ring (bicyclic) bond motifs is 1. The maximum atomic E-state index is 12.6. The Hall–Kier alpha value is -2.72. The van der Waals surface area contributed by atoms with E-state index in [9.17, 15) is 14.7 Å². The van der Waals surface area contributed by atoms with Crippen LogP contribution < -0.4 is 15.5 Å². The molecule has 42 heavy (non-hydrogen) atoms. The molecule has 0 saturated carbocycles. The summed E-state index contributed by atoms with van der Waals surface area (Å²) >= 11 is 0. The van der Waals surface area contributed by atoms with Crippen molar-refractivity contribution in [3.05, 3.63) is 47.1 Å². The first kappa shape index (κ1) is 35.5. The van der Waals surface area contributed by atoms with E-state index in [2.05, 4.69) is 36.3 Å². The molecular weight excluding hydrogens is 534 g/mol. The second-order valence-corrected chi connectivity index (χ2v) is 12.7. The minimum atomic E-state index is -0.913. The van der Waals surface area contributed by atoms with Gasteiger partial charge in [0.2, 0.25) is 0 Å². The Morgan fingerprint density at radius 2 is 1.86 bits per heavy atom. The van der Waals surface area contributed by atoms with Crippen LogP contribution in [-0.4, -0.2) is 73.2 Å². The number of aliphatic hydroxyl groups excluding tert-OH is 1. The first-order valence-corrected chi connectivity index (χ1v) is 15.0. The van der Waals surface area contributed by atoms with Gasteiger partial charge in [0.1, 0.15) is 17.8 Å². The molecule has 4 unspecified atom stereocenters. The smallest absolute Gasteiger partial charge is 0.326 e. The zero-order valence-corrected chi connectivity index (χ0v) is 27.2. The van der Waals surface area contributed by atoms with Crippen LogP contribution in [0.2, 0.25) is 0 Å². The fourth-order valence-electron chi connectivity index (χ4n) is 4.47. The molecule has 0 radical (unpaired) electrons. The van der Waals surface area contributed by atoms with Gasteiger partial charge in [0, 0.05) is 13.1 Å². The molecule has 3 rings (SSSR count). The van der Waals surface area contributed by atoms with Crippen LogP contribution in [0.15, 0.2) is 41.5 Å². The van der Waals surface area contributed by atoms with E-state index in [4.69, 9.17) is 14.2 Å². The molecule has 9 nitrogen and oxygen atoms in total. The number of ether oxygens (including phenoxy) is 3. The summed E-state index contributed by atoms with van der Waals surface area (Å²) in [6.07, 6.45) is 2.76. The Kier molecular flexibility index (Phi) is 13.7. The van der Waals surface area contributed by atoms with Gasteiger partial charge < -0.3 is 29.5 Å². The maximum absolute atomic E-state index is 12.6. The van der Waals surface area contributed by atoms with Gasteiger partial charge >= 0.3 is 5.97 Å². The van der Waals surface area contributed by atoms with Crippen molar-refractivity contribution >= 4 is 23.1 Å². The second kappa shape index (κ2) is 16.2. The van der Waals surface area contributed by atoms with Crippen LogP contribution in [0.3, 0.4) is 0 Å². The number of nitrogens with zero attached hydrogens (tertiary/aromatic N) is 1. The Labute approximate surface area is 252 Å². The van der Waals surface area contributed by atoms with Crippen molar-refractivity contribution in [1.82, 2.24) is 5.32 Å². The predicted molar refractivity (Wildman–Crippen MR) is 169 cm³/mol. The Morgan fingerprint density at radius 3 is 2.38 bits per heavy atom. The minimum Gasteiger partial charge on any atom is -0.459 e. The average Bonchev–Trinajstić information content (AvgIpc) is 3.23. The van der Waals surface area contributed by atoms with Crippen LogP contribution in [0.1, 0.15) is 74.8 Å². The molecule has 4 atom stereocenters. The van der Waals surface area contributed by atoms with Crippen LogP contribution in [0, 0.1) is 5.92 Å². The van der Waals surface area contributed by atoms with Gasteiger partial charge in [-0.25, -0.2) is 0 Å². The number of aliphatic hydroxyl groups is 1. The van der Waals surface area contributed by atoms with Crippen molar-refractivity contribution < 1.29 is 28.9 Å². The van der Waals surface area contributed by atoms with Crippen LogP contribution >= 0.6 is 0 Å². The van der Waals surface area contributed by atoms with E-state index in [1.165, 1.54) is 0 Å². The number of esters is 1. The second-order valence-electron chi connectivity index (χ2n) is 12.7. The normalized spacial score (nSPS) is 20.7. The number of ketones is 1. The quantitative estimate of drug-likeness (QED) is 0.198. The van der Waals surface area contributed by atoms with Crippen LogP contribution in [0.5, 0.6) is 0 Å². The Bertz CT molecular complexity index is 1100. The predicted octanol–water partition coefficient (Wildman–Crippen LogP) is 4.98. The van der Waals surface area contributed by atoms with E-state index in [0.29, 0.717) is 38.5 Å². The number of hydrogen-bond acceptors (Lipinski definition) is 9. The van der Waals surface area contributed by atoms with E-state index in [-0.39, 0.29) is 18.1 Å². The van der Waals surface area contributed by atoms with Gasteiger partial charge in [-0.1, -0.05) is 32.9 Å². The van der Waals surface area contributed by atoms with E-state index in [1.807, 2.05) is 44.2 Å². The molecule has 2 aliphatic rings. The Morgan fingerprint density at radius 1 is 1.19 bits per heavy atom. The summed E-state index contributed by atoms with van der Waals surface area (Å²) in [7, 11) is 0. The van der Waals surface area contributed by atoms with Crippen LogP contribution in [0.25, 0.3) is 0 Å². The molecule has 0 spiro atoms. The molecule has 1 aromatic rings. The van der Waals surface area contributed by atoms with Crippen molar-refractivity contribution in [2.75, 3.05) is 36.6 Å². The van der Waals surface area contributed by atoms with Gasteiger partial charge in [-0.05, 0) is 89.3 Å². The SMILES string of the molecule is C/C=C(\C=C(\C)C(C)=O)C1Nc2cc(CNC(C(=O)OC(C)(C)C)C(C)O)ccc2N1CC1COCCO1.CC(C)C. The molecule has 2 heterocycles. The van der Waals surface area contributed by atoms with Crippen LogP contribution in [-0.2, 0) is 30.3 Å². The average molecular weight is 588 g/mol. The van der Waals surface area contributed by atoms with Gasteiger partial charge in [0.05, 0.1) is 43.4 Å². The highest BCUT2D eigenvalue weighted by Crippen LogP contribution is 2.38. The third-order valence-corrected chi connectivity index (χ3v) is 6.52. The zero-order valence-electron chi connectivity index (χ0n) is 27.2. The number of allylic oxidation sites excluding steroid dienone is 2. The van der Waals surface area contributed by atoms with Crippen molar-refractivity contribution in [3.8, 4) is 0 Å². The molecule has 1 saturated heterocycles. The van der Waals surface area contributed by atoms with Gasteiger partial charge in [-0.15, -0.1) is 0 Å². The molecule has 3 N–H and O–H groups in total. The summed E-state index contributed by atoms with van der Waals surface area (Å²) in [6.45, 7) is 21.5. The lowest BCUT2D eigenvalue weighted by molar-refractivity contribution is -0.160. The van der Waals surface area contributed by atoms with E-state index < -0.39 is 23.7 Å². The van der Waals surface area contributed by atoms with Crippen molar-refractivity contribution in [3.63, 3.8) is 0 Å². The fourth-order valence-corrected chi connectivity index (χ4v) is 4.47. The Balaban J connectivity index is 0.00000144. The summed E-state index contributed by atoms with van der Waals surface area (Å²) in [5.41, 5.74) is 3.91. The highest BCUT2D eigenvalue weighted by Gasteiger charge is 2.34. The lowest BCUT2D eigenvalue weighted by Crippen LogP contribution is -2.47. The molecule has 1 aromatic carbocycles. The zero-order chi connectivity index (χ0) is 31.6. The number of benzene rings is 1. The van der Waals surface area contributed by atoms with E-state index >= 15 is 0 Å². The molecule has 9 heteroatoms. The van der Waals surface area contributed by atoms with E-state index in [0.717, 1.165) is 28.4 Å². The van der Waals surface area contributed by atoms with Gasteiger partial charge in [0.15, 0.2) is 5.78 Å². The topological polar surface area (TPSA) is 109 Å². The van der Waals surface area contributed by atoms with Gasteiger partial charge in [-0.3, -0.25) is 14.9 Å². The lowest BCUT2D eigenvalue weighted by atomic mass is 10.1. The largest absolute Gasteiger partial charge is 0.459 e. The third kappa shape index (κ3) is 11.2. The van der Waals surface area contributed by atoms with Crippen molar-refractivity contribution in [2.45, 2.75) is 106 Å². The van der Waals surface area contributed by atoms with Gasteiger partial charge in [-0.2, -0.15) is 0 Å². The summed E-state index contributed by atoms with van der Waals surface area (Å²) in [6, 6.07) is 5.23. The monoisotopic (exact) mass is 587 g/mol. The molecule has 0 aliphatic carbocycles. The molecule has 1 fully saturated rings. The number of Topliss-reactive ketones (excluding diaryl/α,β-unsaturated/α-hetero) is 1. The fraction of sp³-hybridized carbons (Fsp3) is 0.636. The van der Waals surface area contributed by atoms with Crippen molar-refractivity contribution in [2.24, 2.45) is 5.92 Å². The molecule has 0 bridgehead atoms. The summed E-state index contributed by atoms with van der Waals surface area (Å²) in [5.74, 6) is 0.375. The van der Waals surface area contributed by atoms with Gasteiger partial charge in [0.25, 0.3) is 0 Å². The highest BCUT2D eigenvalue weighted by molar-refractivity contribution is 5.93. The lowest BCUT2D eigenvalue weighted by Gasteiger charge is -2.33.